The minimum atomic E-state index is -0.986. The second kappa shape index (κ2) is 8.63. The number of carbonyl (C=O) groups is 2. The fraction of sp³-hybridized carbons (Fsp3) is 0.300. The molecule has 142 valence electrons. The zero-order valence-electron chi connectivity index (χ0n) is 14.5. The average molecular weight is 407 g/mol. The zero-order valence-corrected chi connectivity index (χ0v) is 16.1. The Kier molecular flexibility index (Phi) is 6.24. The van der Waals surface area contributed by atoms with Gasteiger partial charge < -0.3 is 15.7 Å². The predicted molar refractivity (Wildman–Crippen MR) is 106 cm³/mol. The second-order valence-electron chi connectivity index (χ2n) is 6.58. The molecule has 3 N–H and O–H groups in total. The fourth-order valence-corrected chi connectivity index (χ4v) is 3.94. The van der Waals surface area contributed by atoms with Crippen LogP contribution in [0.2, 0.25) is 10.0 Å². The molecule has 0 spiro atoms. The van der Waals surface area contributed by atoms with Crippen LogP contribution >= 0.6 is 23.2 Å². The Balaban J connectivity index is 1.68. The second-order valence-corrected chi connectivity index (χ2v) is 7.42. The van der Waals surface area contributed by atoms with E-state index in [-0.39, 0.29) is 12.3 Å². The molecule has 3 rings (SSSR count). The third-order valence-electron chi connectivity index (χ3n) is 4.59. The standard InChI is InChI=1S/C20H20Cl2N2O3/c21-13-9-14(22)19-15(10-13)23-17(20(26)27)11-16(19)24-18(25)8-4-7-12-5-2-1-3-6-12/h1-3,5-6,9-10,16-17,23H,4,7-8,11H2,(H,24,25)(H,26,27)/t16-,17+/m0/s1. The van der Waals surface area contributed by atoms with Crippen LogP contribution in [-0.4, -0.2) is 23.0 Å². The summed E-state index contributed by atoms with van der Waals surface area (Å²) in [6.07, 6.45) is 2.10. The van der Waals surface area contributed by atoms with Crippen LogP contribution in [0.4, 0.5) is 5.69 Å². The van der Waals surface area contributed by atoms with Gasteiger partial charge in [-0.1, -0.05) is 53.5 Å². The number of benzene rings is 2. The highest BCUT2D eigenvalue weighted by molar-refractivity contribution is 6.35. The van der Waals surface area contributed by atoms with Crippen molar-refractivity contribution in [1.29, 1.82) is 0 Å². The van der Waals surface area contributed by atoms with Crippen molar-refractivity contribution >= 4 is 40.8 Å². The summed E-state index contributed by atoms with van der Waals surface area (Å²) in [6.45, 7) is 0. The van der Waals surface area contributed by atoms with Gasteiger partial charge in [0, 0.05) is 34.1 Å². The number of carboxylic acid groups (broad SMARTS) is 1. The smallest absolute Gasteiger partial charge is 0.326 e. The Hall–Kier alpha value is -2.24. The number of carbonyl (C=O) groups excluding carboxylic acids is 1. The van der Waals surface area contributed by atoms with E-state index in [9.17, 15) is 14.7 Å². The number of hydrogen-bond donors (Lipinski definition) is 3. The molecule has 0 bridgehead atoms. The van der Waals surface area contributed by atoms with Gasteiger partial charge in [0.25, 0.3) is 0 Å². The Morgan fingerprint density at radius 2 is 1.93 bits per heavy atom. The van der Waals surface area contributed by atoms with Gasteiger partial charge in [0.1, 0.15) is 6.04 Å². The van der Waals surface area contributed by atoms with Gasteiger partial charge in [0.15, 0.2) is 0 Å². The van der Waals surface area contributed by atoms with Crippen LogP contribution in [-0.2, 0) is 16.0 Å². The molecule has 0 saturated heterocycles. The Labute approximate surface area is 167 Å². The van der Waals surface area contributed by atoms with Gasteiger partial charge in [-0.25, -0.2) is 4.79 Å². The van der Waals surface area contributed by atoms with Gasteiger partial charge in [-0.05, 0) is 30.5 Å². The Bertz CT molecular complexity index is 843. The minimum absolute atomic E-state index is 0.126. The maximum atomic E-state index is 12.4. The fourth-order valence-electron chi connectivity index (χ4n) is 3.32. The number of anilines is 1. The molecule has 5 nitrogen and oxygen atoms in total. The molecule has 0 aliphatic carbocycles. The quantitative estimate of drug-likeness (QED) is 0.662. The highest BCUT2D eigenvalue weighted by Crippen LogP contribution is 2.39. The van der Waals surface area contributed by atoms with E-state index in [0.717, 1.165) is 6.42 Å². The molecular weight excluding hydrogens is 387 g/mol. The number of fused-ring (bicyclic) bond motifs is 1. The summed E-state index contributed by atoms with van der Waals surface area (Å²) < 4.78 is 0. The molecule has 0 aromatic heterocycles. The van der Waals surface area contributed by atoms with Crippen LogP contribution in [0.1, 0.15) is 36.4 Å². The first kappa shape index (κ1) is 19.5. The van der Waals surface area contributed by atoms with Crippen molar-refractivity contribution in [3.8, 4) is 0 Å². The molecule has 1 aliphatic heterocycles. The average Bonchev–Trinajstić information content (AvgIpc) is 2.61. The number of amides is 1. The van der Waals surface area contributed by atoms with Crippen molar-refractivity contribution in [3.63, 3.8) is 0 Å². The van der Waals surface area contributed by atoms with Crippen molar-refractivity contribution in [1.82, 2.24) is 5.32 Å². The van der Waals surface area contributed by atoms with Crippen LogP contribution < -0.4 is 10.6 Å². The van der Waals surface area contributed by atoms with Crippen LogP contribution in [0, 0.1) is 0 Å². The van der Waals surface area contributed by atoms with Crippen LogP contribution in [0.3, 0.4) is 0 Å². The van der Waals surface area contributed by atoms with E-state index in [2.05, 4.69) is 10.6 Å². The molecule has 2 aromatic carbocycles. The van der Waals surface area contributed by atoms with Gasteiger partial charge in [-0.15, -0.1) is 0 Å². The molecule has 27 heavy (non-hydrogen) atoms. The molecule has 2 aromatic rings. The lowest BCUT2D eigenvalue weighted by Gasteiger charge is -2.32. The highest BCUT2D eigenvalue weighted by atomic mass is 35.5. The van der Waals surface area contributed by atoms with Crippen LogP contribution in [0.25, 0.3) is 0 Å². The van der Waals surface area contributed by atoms with Gasteiger partial charge in [0.05, 0.1) is 6.04 Å². The van der Waals surface area contributed by atoms with Gasteiger partial charge in [0.2, 0.25) is 5.91 Å². The number of carboxylic acids is 1. The van der Waals surface area contributed by atoms with Crippen molar-refractivity contribution in [3.05, 3.63) is 63.6 Å². The summed E-state index contributed by atoms with van der Waals surface area (Å²) >= 11 is 12.3. The molecule has 0 unspecified atom stereocenters. The zero-order chi connectivity index (χ0) is 19.4. The largest absolute Gasteiger partial charge is 0.480 e. The molecular formula is C20H20Cl2N2O3. The van der Waals surface area contributed by atoms with Crippen molar-refractivity contribution in [2.45, 2.75) is 37.8 Å². The number of aliphatic carboxylic acids is 1. The Morgan fingerprint density at radius 1 is 1.19 bits per heavy atom. The van der Waals surface area contributed by atoms with E-state index in [1.165, 1.54) is 5.56 Å². The molecule has 1 amide bonds. The normalized spacial score (nSPS) is 18.3. The molecule has 0 fully saturated rings. The minimum Gasteiger partial charge on any atom is -0.480 e. The molecule has 1 aliphatic rings. The lowest BCUT2D eigenvalue weighted by molar-refractivity contribution is -0.138. The number of hydrogen-bond acceptors (Lipinski definition) is 3. The maximum absolute atomic E-state index is 12.4. The number of aryl methyl sites for hydroxylation is 1. The van der Waals surface area contributed by atoms with Crippen LogP contribution in [0.5, 0.6) is 0 Å². The summed E-state index contributed by atoms with van der Waals surface area (Å²) in [5.74, 6) is -1.11. The highest BCUT2D eigenvalue weighted by Gasteiger charge is 2.33. The monoisotopic (exact) mass is 406 g/mol. The lowest BCUT2D eigenvalue weighted by atomic mass is 9.92. The molecule has 1 heterocycles. The predicted octanol–water partition coefficient (Wildman–Crippen LogP) is 4.44. The van der Waals surface area contributed by atoms with E-state index >= 15 is 0 Å². The first-order chi connectivity index (χ1) is 12.9. The van der Waals surface area contributed by atoms with E-state index in [1.807, 2.05) is 30.3 Å². The van der Waals surface area contributed by atoms with E-state index in [4.69, 9.17) is 23.2 Å². The van der Waals surface area contributed by atoms with Crippen molar-refractivity contribution < 1.29 is 14.7 Å². The van der Waals surface area contributed by atoms with Crippen molar-refractivity contribution in [2.75, 3.05) is 5.32 Å². The van der Waals surface area contributed by atoms with Crippen LogP contribution in [0.15, 0.2) is 42.5 Å². The SMILES string of the molecule is O=C(CCCc1ccccc1)N[C@H]1C[C@H](C(=O)O)Nc2cc(Cl)cc(Cl)c21. The van der Waals surface area contributed by atoms with Gasteiger partial charge in [-0.3, -0.25) is 4.79 Å². The van der Waals surface area contributed by atoms with E-state index in [1.54, 1.807) is 12.1 Å². The van der Waals surface area contributed by atoms with Gasteiger partial charge in [-0.2, -0.15) is 0 Å². The number of rotatable bonds is 6. The summed E-state index contributed by atoms with van der Waals surface area (Å²) in [7, 11) is 0. The first-order valence-electron chi connectivity index (χ1n) is 8.75. The van der Waals surface area contributed by atoms with E-state index < -0.39 is 18.1 Å². The van der Waals surface area contributed by atoms with E-state index in [0.29, 0.717) is 34.1 Å². The summed E-state index contributed by atoms with van der Waals surface area (Å²) in [4.78, 5) is 23.9. The molecule has 2 atom stereocenters. The van der Waals surface area contributed by atoms with Crippen molar-refractivity contribution in [2.24, 2.45) is 0 Å². The first-order valence-corrected chi connectivity index (χ1v) is 9.51. The number of halogens is 2. The van der Waals surface area contributed by atoms with Gasteiger partial charge >= 0.3 is 5.97 Å². The third-order valence-corrected chi connectivity index (χ3v) is 5.12. The maximum Gasteiger partial charge on any atom is 0.326 e. The summed E-state index contributed by atoms with van der Waals surface area (Å²) in [6, 6.07) is 11.9. The molecule has 0 radical (unpaired) electrons. The Morgan fingerprint density at radius 3 is 2.63 bits per heavy atom. The lowest BCUT2D eigenvalue weighted by Crippen LogP contribution is -2.41. The third kappa shape index (κ3) is 4.93. The summed E-state index contributed by atoms with van der Waals surface area (Å²) in [5, 5.41) is 16.1. The topological polar surface area (TPSA) is 78.4 Å². The molecule has 7 heteroatoms. The summed E-state index contributed by atoms with van der Waals surface area (Å²) in [5.41, 5.74) is 2.40. The molecule has 0 saturated carbocycles. The number of nitrogens with one attached hydrogen (secondary N) is 2.